The number of hydrogen-bond donors (Lipinski definition) is 3. The Balaban J connectivity index is 0.000000360. The average molecular weight is 573 g/mol. The summed E-state index contributed by atoms with van der Waals surface area (Å²) >= 11 is 13.5. The van der Waals surface area contributed by atoms with Crippen molar-refractivity contribution in [3.8, 4) is 0 Å². The third-order valence-corrected chi connectivity index (χ3v) is 8.07. The van der Waals surface area contributed by atoms with Crippen molar-refractivity contribution in [1.82, 2.24) is 4.98 Å². The van der Waals surface area contributed by atoms with E-state index in [0.29, 0.717) is 11.8 Å². The van der Waals surface area contributed by atoms with Crippen molar-refractivity contribution < 1.29 is 27.8 Å². The SMILES string of the molecule is N[C@H]1COCC[C@@H]1c1sc2c(NCc3cccs3)cc(Cl)nc2c1Br.O=C(O)C(F)(F)F. The molecule has 1 aliphatic rings. The minimum Gasteiger partial charge on any atom is -0.475 e. The fraction of sp³-hybridized carbons (Fsp3) is 0.368. The molecule has 4 N–H and O–H groups in total. The first-order valence-electron chi connectivity index (χ1n) is 9.26. The van der Waals surface area contributed by atoms with Crippen molar-refractivity contribution >= 4 is 72.1 Å². The zero-order valence-corrected chi connectivity index (χ0v) is 20.3. The summed E-state index contributed by atoms with van der Waals surface area (Å²) in [4.78, 5) is 16.0. The van der Waals surface area contributed by atoms with Gasteiger partial charge in [-0.2, -0.15) is 13.2 Å². The standard InChI is InChI=1S/C17H17BrClN3OS2.C2HF3O2/c18-14-15-17(25-16(14)10-3-4-23-8-11(10)20)12(6-13(19)22-15)21-7-9-2-1-5-24-9;3-2(4,5)1(6)7/h1-2,5-6,10-11H,3-4,7-8,20H2,(H,21,22);(H,6,7)/t10-,11-;/m0./s1. The van der Waals surface area contributed by atoms with Crippen LogP contribution in [0.15, 0.2) is 28.1 Å². The molecule has 32 heavy (non-hydrogen) atoms. The van der Waals surface area contributed by atoms with Crippen LogP contribution >= 0.6 is 50.2 Å². The van der Waals surface area contributed by atoms with Gasteiger partial charge in [-0.25, -0.2) is 9.78 Å². The Bertz CT molecular complexity index is 1080. The van der Waals surface area contributed by atoms with Crippen LogP contribution in [0.1, 0.15) is 22.1 Å². The number of anilines is 1. The van der Waals surface area contributed by atoms with Crippen LogP contribution < -0.4 is 11.1 Å². The van der Waals surface area contributed by atoms with Gasteiger partial charge in [-0.3, -0.25) is 0 Å². The molecular weight excluding hydrogens is 555 g/mol. The highest BCUT2D eigenvalue weighted by molar-refractivity contribution is 9.10. The van der Waals surface area contributed by atoms with Crippen molar-refractivity contribution in [1.29, 1.82) is 0 Å². The Morgan fingerprint density at radius 2 is 2.19 bits per heavy atom. The lowest BCUT2D eigenvalue weighted by atomic mass is 9.94. The van der Waals surface area contributed by atoms with E-state index in [4.69, 9.17) is 32.0 Å². The summed E-state index contributed by atoms with van der Waals surface area (Å²) < 4.78 is 39.3. The van der Waals surface area contributed by atoms with Gasteiger partial charge in [0.25, 0.3) is 0 Å². The summed E-state index contributed by atoms with van der Waals surface area (Å²) in [6.07, 6.45) is -4.15. The Morgan fingerprint density at radius 3 is 2.78 bits per heavy atom. The smallest absolute Gasteiger partial charge is 0.475 e. The number of rotatable bonds is 4. The van der Waals surface area contributed by atoms with Crippen molar-refractivity contribution in [2.24, 2.45) is 5.73 Å². The molecule has 0 radical (unpaired) electrons. The first-order valence-corrected chi connectivity index (χ1v) is 12.1. The average Bonchev–Trinajstić information content (AvgIpc) is 3.35. The number of hydrogen-bond acceptors (Lipinski definition) is 7. The van der Waals surface area contributed by atoms with Crippen molar-refractivity contribution in [2.75, 3.05) is 18.5 Å². The van der Waals surface area contributed by atoms with Crippen LogP contribution in [-0.4, -0.2) is 41.5 Å². The van der Waals surface area contributed by atoms with Gasteiger partial charge in [-0.15, -0.1) is 22.7 Å². The fourth-order valence-corrected chi connectivity index (χ4v) is 6.21. The third kappa shape index (κ3) is 6.12. The molecule has 3 aromatic heterocycles. The van der Waals surface area contributed by atoms with E-state index in [2.05, 4.69) is 43.7 Å². The molecule has 0 bridgehead atoms. The highest BCUT2D eigenvalue weighted by Gasteiger charge is 2.38. The highest BCUT2D eigenvalue weighted by atomic mass is 79.9. The molecule has 174 valence electrons. The molecule has 1 saturated heterocycles. The molecule has 13 heteroatoms. The normalized spacial score (nSPS) is 18.8. The number of alkyl halides is 3. The van der Waals surface area contributed by atoms with E-state index in [0.717, 1.165) is 39.9 Å². The van der Waals surface area contributed by atoms with Gasteiger partial charge in [-0.1, -0.05) is 17.7 Å². The molecule has 0 saturated carbocycles. The van der Waals surface area contributed by atoms with E-state index in [-0.39, 0.29) is 12.0 Å². The molecule has 1 aliphatic heterocycles. The topological polar surface area (TPSA) is 97.5 Å². The summed E-state index contributed by atoms with van der Waals surface area (Å²) in [5, 5.41) is 13.2. The Morgan fingerprint density at radius 1 is 1.47 bits per heavy atom. The summed E-state index contributed by atoms with van der Waals surface area (Å²) in [5.74, 6) is -2.47. The van der Waals surface area contributed by atoms with E-state index in [1.54, 1.807) is 22.7 Å². The molecule has 0 aromatic carbocycles. The van der Waals surface area contributed by atoms with Gasteiger partial charge in [0.15, 0.2) is 0 Å². The van der Waals surface area contributed by atoms with Gasteiger partial charge < -0.3 is 20.9 Å². The first-order chi connectivity index (χ1) is 15.1. The fourth-order valence-electron chi connectivity index (χ4n) is 3.08. The number of carbonyl (C=O) groups is 1. The monoisotopic (exact) mass is 571 g/mol. The quantitative estimate of drug-likeness (QED) is 0.339. The molecule has 1 fully saturated rings. The van der Waals surface area contributed by atoms with E-state index < -0.39 is 12.1 Å². The third-order valence-electron chi connectivity index (χ3n) is 4.59. The Hall–Kier alpha value is -1.44. The summed E-state index contributed by atoms with van der Waals surface area (Å²) in [5.41, 5.74) is 8.21. The molecule has 0 spiro atoms. The highest BCUT2D eigenvalue weighted by Crippen LogP contribution is 2.45. The number of nitrogens with two attached hydrogens (primary N) is 1. The lowest BCUT2D eigenvalue weighted by molar-refractivity contribution is -0.192. The van der Waals surface area contributed by atoms with E-state index in [1.807, 2.05) is 6.07 Å². The number of aromatic nitrogens is 1. The predicted octanol–water partition coefficient (Wildman–Crippen LogP) is 5.85. The second-order valence-corrected chi connectivity index (χ2v) is 10.1. The van der Waals surface area contributed by atoms with Crippen molar-refractivity contribution in [2.45, 2.75) is 31.1 Å². The minimum atomic E-state index is -5.08. The number of carboxylic acid groups (broad SMARTS) is 1. The first kappa shape index (κ1) is 25.2. The molecule has 2 atom stereocenters. The number of thiophene rings is 2. The molecule has 0 unspecified atom stereocenters. The number of nitrogens with one attached hydrogen (secondary N) is 1. The molecule has 4 rings (SSSR count). The van der Waals surface area contributed by atoms with E-state index >= 15 is 0 Å². The van der Waals surface area contributed by atoms with Crippen LogP contribution in [0.3, 0.4) is 0 Å². The predicted molar refractivity (Wildman–Crippen MR) is 124 cm³/mol. The minimum absolute atomic E-state index is 0.0103. The summed E-state index contributed by atoms with van der Waals surface area (Å²) in [6.45, 7) is 2.12. The van der Waals surface area contributed by atoms with Crippen LogP contribution in [0.25, 0.3) is 10.2 Å². The molecule has 0 aliphatic carbocycles. The maximum Gasteiger partial charge on any atom is 0.490 e. The maximum atomic E-state index is 10.6. The molecule has 6 nitrogen and oxygen atoms in total. The number of carboxylic acids is 1. The second kappa shape index (κ2) is 10.7. The van der Waals surface area contributed by atoms with Gasteiger partial charge in [0.05, 0.1) is 27.0 Å². The number of pyridine rings is 1. The zero-order chi connectivity index (χ0) is 23.5. The second-order valence-electron chi connectivity index (χ2n) is 6.82. The van der Waals surface area contributed by atoms with Crippen molar-refractivity contribution in [3.05, 3.63) is 43.0 Å². The molecule has 0 amide bonds. The molecule has 3 aromatic rings. The van der Waals surface area contributed by atoms with Gasteiger partial charge >= 0.3 is 12.1 Å². The van der Waals surface area contributed by atoms with Gasteiger partial charge in [0.1, 0.15) is 5.15 Å². The van der Waals surface area contributed by atoms with Gasteiger partial charge in [0, 0.05) is 40.9 Å². The van der Waals surface area contributed by atoms with Crippen LogP contribution in [0, 0.1) is 0 Å². The summed E-state index contributed by atoms with van der Waals surface area (Å²) in [7, 11) is 0. The number of ether oxygens (including phenoxy) is 1. The number of aliphatic carboxylic acids is 1. The number of fused-ring (bicyclic) bond motifs is 1. The maximum absolute atomic E-state index is 10.6. The lowest BCUT2D eigenvalue weighted by Gasteiger charge is -2.28. The van der Waals surface area contributed by atoms with Crippen molar-refractivity contribution in [3.63, 3.8) is 0 Å². The molecular formula is C19H18BrClF3N3O3S2. The number of halogens is 5. The summed E-state index contributed by atoms with van der Waals surface area (Å²) in [6, 6.07) is 6.09. The lowest BCUT2D eigenvalue weighted by Crippen LogP contribution is -2.37. The van der Waals surface area contributed by atoms with Gasteiger partial charge in [0.2, 0.25) is 0 Å². The van der Waals surface area contributed by atoms with E-state index in [9.17, 15) is 13.2 Å². The Labute approximate surface area is 202 Å². The largest absolute Gasteiger partial charge is 0.490 e. The van der Waals surface area contributed by atoms with E-state index in [1.165, 1.54) is 9.75 Å². The zero-order valence-electron chi connectivity index (χ0n) is 16.3. The van der Waals surface area contributed by atoms with Crippen LogP contribution in [0.4, 0.5) is 18.9 Å². The van der Waals surface area contributed by atoms with Crippen LogP contribution in [0.5, 0.6) is 0 Å². The number of nitrogens with zero attached hydrogens (tertiary/aromatic N) is 1. The van der Waals surface area contributed by atoms with Crippen LogP contribution in [-0.2, 0) is 16.1 Å². The van der Waals surface area contributed by atoms with Crippen LogP contribution in [0.2, 0.25) is 5.15 Å². The Kier molecular flexibility index (Phi) is 8.39. The molecule has 4 heterocycles. The van der Waals surface area contributed by atoms with Gasteiger partial charge in [-0.05, 0) is 33.8 Å².